The number of hydrogen-bond acceptors (Lipinski definition) is 15. The second-order valence-corrected chi connectivity index (χ2v) is 33.5. The maximum atomic E-state index is 13.1. The molecule has 104 heavy (non-hydrogen) atoms. The number of carbonyl (C=O) groups excluding carboxylic acids is 4. The van der Waals surface area contributed by atoms with Gasteiger partial charge in [-0.05, 0) is 25.7 Å². The van der Waals surface area contributed by atoms with Crippen LogP contribution in [0.4, 0.5) is 0 Å². The lowest BCUT2D eigenvalue weighted by atomic mass is 10.0. The normalized spacial score (nSPS) is 13.7. The Balaban J connectivity index is 5.14. The standard InChI is InChI=1S/C85H166O17P2/c1-5-9-13-17-21-24-27-30-33-35-37-39-41-43-45-47-50-53-56-60-64-68-72-85(90)102-81(76-96-83(88)70-66-62-58-54-51-49-46-44-42-40-38-36-34-31-28-25-22-18-14-10-6-2)78-100-104(93,94)98-74-79(86)73-97-103(91,92)99-77-80(75-95-82(87)69-65-61-57-20-16-12-8-4)101-84(89)71-67-63-59-55-52-48-32-29-26-23-19-15-11-7-3/h79-81,86H,5-78H2,1-4H3,(H,91,92)(H,93,94)/t79-,80+,81+/m0/s1. The molecule has 0 saturated carbocycles. The average molecular weight is 1520 g/mol. The first kappa shape index (κ1) is 102. The molecule has 17 nitrogen and oxygen atoms in total. The third-order valence-corrected chi connectivity index (χ3v) is 22.0. The molecule has 0 saturated heterocycles. The van der Waals surface area contributed by atoms with Crippen LogP contribution in [0.25, 0.3) is 0 Å². The highest BCUT2D eigenvalue weighted by molar-refractivity contribution is 7.47. The molecule has 5 atom stereocenters. The summed E-state index contributed by atoms with van der Waals surface area (Å²) in [5.41, 5.74) is 0. The Morgan fingerprint density at radius 1 is 0.231 bits per heavy atom. The van der Waals surface area contributed by atoms with Gasteiger partial charge in [-0.2, -0.15) is 0 Å². The van der Waals surface area contributed by atoms with Gasteiger partial charge in [-0.25, -0.2) is 9.13 Å². The Hall–Kier alpha value is -1.94. The van der Waals surface area contributed by atoms with Gasteiger partial charge < -0.3 is 33.8 Å². The molecule has 2 unspecified atom stereocenters. The summed E-state index contributed by atoms with van der Waals surface area (Å²) in [6, 6.07) is 0. The molecule has 0 radical (unpaired) electrons. The Bertz CT molecular complexity index is 1960. The number of unbranched alkanes of at least 4 members (excludes halogenated alkanes) is 60. The van der Waals surface area contributed by atoms with Crippen molar-refractivity contribution in [3.8, 4) is 0 Å². The van der Waals surface area contributed by atoms with Crippen molar-refractivity contribution in [2.24, 2.45) is 0 Å². The first-order chi connectivity index (χ1) is 50.7. The molecule has 0 aliphatic rings. The summed E-state index contributed by atoms with van der Waals surface area (Å²) in [6.07, 6.45) is 74.0. The van der Waals surface area contributed by atoms with E-state index in [2.05, 4.69) is 27.7 Å². The summed E-state index contributed by atoms with van der Waals surface area (Å²) in [7, 11) is -9.92. The van der Waals surface area contributed by atoms with Gasteiger partial charge in [0.2, 0.25) is 0 Å². The van der Waals surface area contributed by atoms with Gasteiger partial charge in [0, 0.05) is 25.7 Å². The SMILES string of the molecule is CCCCCCCCCCCCCCCCCCCCCCCCC(=O)O[C@H](COC(=O)CCCCCCCCCCCCCCCCCCCCCCC)COP(=O)(O)OC[C@@H](O)COP(=O)(O)OC[C@@H](COC(=O)CCCCCCCCC)OC(=O)CCCCCCCCCCCCCCCC. The Morgan fingerprint density at radius 2 is 0.385 bits per heavy atom. The summed E-state index contributed by atoms with van der Waals surface area (Å²) in [4.78, 5) is 73.0. The molecule has 0 bridgehead atoms. The van der Waals surface area contributed by atoms with E-state index in [1.54, 1.807) is 0 Å². The fourth-order valence-corrected chi connectivity index (χ4v) is 14.9. The minimum absolute atomic E-state index is 0.108. The highest BCUT2D eigenvalue weighted by Gasteiger charge is 2.30. The number of carbonyl (C=O) groups is 4. The van der Waals surface area contributed by atoms with E-state index in [4.69, 9.17) is 37.0 Å². The van der Waals surface area contributed by atoms with E-state index in [9.17, 15) is 43.2 Å². The smallest absolute Gasteiger partial charge is 0.462 e. The van der Waals surface area contributed by atoms with E-state index in [0.29, 0.717) is 25.7 Å². The zero-order valence-corrected chi connectivity index (χ0v) is 69.8. The van der Waals surface area contributed by atoms with Crippen molar-refractivity contribution in [3.05, 3.63) is 0 Å². The number of phosphoric acid groups is 2. The Kier molecular flexibility index (Phi) is 77.7. The van der Waals surface area contributed by atoms with E-state index in [-0.39, 0.29) is 25.7 Å². The molecule has 0 rings (SSSR count). The Morgan fingerprint density at radius 3 is 0.567 bits per heavy atom. The van der Waals surface area contributed by atoms with Crippen LogP contribution in [0.2, 0.25) is 0 Å². The highest BCUT2D eigenvalue weighted by Crippen LogP contribution is 2.45. The molecular weight excluding hydrogens is 1350 g/mol. The predicted octanol–water partition coefficient (Wildman–Crippen LogP) is 26.1. The summed E-state index contributed by atoms with van der Waals surface area (Å²) in [5.74, 6) is -2.11. The van der Waals surface area contributed by atoms with Crippen molar-refractivity contribution in [1.82, 2.24) is 0 Å². The van der Waals surface area contributed by atoms with E-state index >= 15 is 0 Å². The molecule has 0 aromatic heterocycles. The van der Waals surface area contributed by atoms with E-state index in [0.717, 1.165) is 103 Å². The van der Waals surface area contributed by atoms with Crippen molar-refractivity contribution in [2.45, 2.75) is 483 Å². The largest absolute Gasteiger partial charge is 0.472 e. The van der Waals surface area contributed by atoms with Gasteiger partial charge in [0.25, 0.3) is 0 Å². The molecule has 0 amide bonds. The number of ether oxygens (including phenoxy) is 4. The van der Waals surface area contributed by atoms with E-state index in [1.165, 1.54) is 283 Å². The molecule has 0 aliphatic carbocycles. The number of aliphatic hydroxyl groups is 1. The van der Waals surface area contributed by atoms with Crippen LogP contribution in [0.1, 0.15) is 464 Å². The Labute approximate surface area is 638 Å². The van der Waals surface area contributed by atoms with Crippen LogP contribution in [-0.4, -0.2) is 96.7 Å². The van der Waals surface area contributed by atoms with Crippen molar-refractivity contribution >= 4 is 39.5 Å². The lowest BCUT2D eigenvalue weighted by Crippen LogP contribution is -2.30. The third-order valence-electron chi connectivity index (χ3n) is 20.1. The third kappa shape index (κ3) is 78.2. The first-order valence-electron chi connectivity index (χ1n) is 44.3. The van der Waals surface area contributed by atoms with Crippen LogP contribution < -0.4 is 0 Å². The topological polar surface area (TPSA) is 237 Å². The van der Waals surface area contributed by atoms with Gasteiger partial charge in [-0.15, -0.1) is 0 Å². The van der Waals surface area contributed by atoms with Crippen LogP contribution >= 0.6 is 15.6 Å². The zero-order chi connectivity index (χ0) is 76.0. The van der Waals surface area contributed by atoms with Crippen LogP contribution in [-0.2, 0) is 65.4 Å². The van der Waals surface area contributed by atoms with Gasteiger partial charge in [0.1, 0.15) is 19.3 Å². The maximum Gasteiger partial charge on any atom is 0.472 e. The quantitative estimate of drug-likeness (QED) is 0.0222. The zero-order valence-electron chi connectivity index (χ0n) is 68.0. The molecular formula is C85H166O17P2. The molecule has 0 aromatic carbocycles. The van der Waals surface area contributed by atoms with Gasteiger partial charge in [0.05, 0.1) is 26.4 Å². The molecule has 19 heteroatoms. The first-order valence-corrected chi connectivity index (χ1v) is 47.3. The lowest BCUT2D eigenvalue weighted by molar-refractivity contribution is -0.161. The van der Waals surface area contributed by atoms with E-state index < -0.39 is 97.5 Å². The molecule has 0 heterocycles. The van der Waals surface area contributed by atoms with Crippen molar-refractivity contribution in [1.29, 1.82) is 0 Å². The molecule has 0 fully saturated rings. The fraction of sp³-hybridized carbons (Fsp3) is 0.953. The minimum Gasteiger partial charge on any atom is -0.462 e. The van der Waals surface area contributed by atoms with Gasteiger partial charge in [-0.1, -0.05) is 413 Å². The van der Waals surface area contributed by atoms with Gasteiger partial charge >= 0.3 is 39.5 Å². The van der Waals surface area contributed by atoms with Crippen LogP contribution in [0.3, 0.4) is 0 Å². The van der Waals surface area contributed by atoms with Crippen molar-refractivity contribution in [3.63, 3.8) is 0 Å². The summed E-state index contributed by atoms with van der Waals surface area (Å²) < 4.78 is 68.7. The predicted molar refractivity (Wildman–Crippen MR) is 428 cm³/mol. The molecule has 3 N–H and O–H groups in total. The van der Waals surface area contributed by atoms with Crippen molar-refractivity contribution < 1.29 is 80.2 Å². The average Bonchev–Trinajstić information content (AvgIpc) is 0.991. The van der Waals surface area contributed by atoms with Crippen molar-refractivity contribution in [2.75, 3.05) is 39.6 Å². The lowest BCUT2D eigenvalue weighted by Gasteiger charge is -2.21. The summed E-state index contributed by atoms with van der Waals surface area (Å²) >= 11 is 0. The maximum absolute atomic E-state index is 13.1. The molecule has 618 valence electrons. The fourth-order valence-electron chi connectivity index (χ4n) is 13.3. The van der Waals surface area contributed by atoms with Crippen LogP contribution in [0, 0.1) is 0 Å². The number of aliphatic hydroxyl groups excluding tert-OH is 1. The molecule has 0 aromatic rings. The number of esters is 4. The number of phosphoric ester groups is 2. The van der Waals surface area contributed by atoms with Gasteiger partial charge in [-0.3, -0.25) is 37.3 Å². The van der Waals surface area contributed by atoms with Crippen LogP contribution in [0.5, 0.6) is 0 Å². The van der Waals surface area contributed by atoms with Crippen LogP contribution in [0.15, 0.2) is 0 Å². The summed E-state index contributed by atoms with van der Waals surface area (Å²) in [5, 5.41) is 10.6. The van der Waals surface area contributed by atoms with E-state index in [1.807, 2.05) is 0 Å². The minimum atomic E-state index is -4.96. The number of rotatable bonds is 86. The second kappa shape index (κ2) is 79.2. The molecule has 0 aliphatic heterocycles. The molecule has 0 spiro atoms. The summed E-state index contributed by atoms with van der Waals surface area (Å²) in [6.45, 7) is 5.00. The highest BCUT2D eigenvalue weighted by atomic mass is 31.2. The number of hydrogen-bond donors (Lipinski definition) is 3. The van der Waals surface area contributed by atoms with Gasteiger partial charge in [0.15, 0.2) is 12.2 Å². The monoisotopic (exact) mass is 1520 g/mol. The second-order valence-electron chi connectivity index (χ2n) is 30.6.